The lowest BCUT2D eigenvalue weighted by molar-refractivity contribution is 0.425. The summed E-state index contributed by atoms with van der Waals surface area (Å²) in [5.41, 5.74) is 5.16. The van der Waals surface area contributed by atoms with Crippen LogP contribution in [0.3, 0.4) is 0 Å². The first-order valence-electron chi connectivity index (χ1n) is 12.7. The Hall–Kier alpha value is -3.90. The van der Waals surface area contributed by atoms with E-state index in [2.05, 4.69) is 5.73 Å². The van der Waals surface area contributed by atoms with Gasteiger partial charge in [0.25, 0.3) is 0 Å². The van der Waals surface area contributed by atoms with E-state index in [4.69, 9.17) is 51.1 Å². The van der Waals surface area contributed by atoms with E-state index in [9.17, 15) is 22.7 Å². The second-order valence-corrected chi connectivity index (χ2v) is 10.8. The van der Waals surface area contributed by atoms with Gasteiger partial charge in [-0.3, -0.25) is 0 Å². The molecule has 1 radical (unpaired) electrons. The summed E-state index contributed by atoms with van der Waals surface area (Å²) in [6.07, 6.45) is 4.93. The molecule has 4 aromatic rings. The number of ether oxygens (including phenoxy) is 1. The fourth-order valence-electron chi connectivity index (χ4n) is 4.23. The summed E-state index contributed by atoms with van der Waals surface area (Å²) in [5, 5.41) is 9.89. The quantitative estimate of drug-likeness (QED) is 0.0419. The second kappa shape index (κ2) is 13.4. The number of allylic oxidation sites excluding steroid dienone is 6. The lowest BCUT2D eigenvalue weighted by atomic mass is 9.89. The average molecular weight is 675 g/mol. The maximum Gasteiger partial charge on any atom is 0.190 e. The van der Waals surface area contributed by atoms with E-state index in [1.807, 2.05) is 0 Å². The molecule has 0 atom stereocenters. The van der Waals surface area contributed by atoms with Gasteiger partial charge < -0.3 is 9.84 Å². The van der Waals surface area contributed by atoms with Crippen LogP contribution in [0.25, 0.3) is 16.9 Å². The molecule has 0 fully saturated rings. The molecule has 221 valence electrons. The third-order valence-electron chi connectivity index (χ3n) is 6.37. The Balaban J connectivity index is 1.95. The van der Waals surface area contributed by atoms with Crippen LogP contribution in [0.15, 0.2) is 108 Å². The molecule has 0 unspecified atom stereocenters. The van der Waals surface area contributed by atoms with E-state index in [0.29, 0.717) is 16.7 Å². The lowest BCUT2D eigenvalue weighted by Gasteiger charge is -2.21. The van der Waals surface area contributed by atoms with Crippen LogP contribution in [0.1, 0.15) is 16.7 Å². The summed E-state index contributed by atoms with van der Waals surface area (Å²) in [4.78, 5) is 0. The number of halogens is 8. The van der Waals surface area contributed by atoms with Crippen LogP contribution in [-0.4, -0.2) is 5.11 Å². The highest BCUT2D eigenvalue weighted by molar-refractivity contribution is 6.53. The average Bonchev–Trinajstić information content (AvgIpc) is 3.02. The predicted molar refractivity (Wildman–Crippen MR) is 168 cm³/mol. The van der Waals surface area contributed by atoms with Gasteiger partial charge in [0.15, 0.2) is 17.7 Å². The number of benzene rings is 4. The molecule has 0 spiro atoms. The van der Waals surface area contributed by atoms with E-state index in [1.165, 1.54) is 97.1 Å². The first kappa shape index (κ1) is 31.5. The van der Waals surface area contributed by atoms with Gasteiger partial charge in [-0.2, -0.15) is 0 Å². The normalized spacial score (nSPS) is 13.5. The van der Waals surface area contributed by atoms with Crippen molar-refractivity contribution in [3.8, 4) is 11.5 Å². The largest absolute Gasteiger partial charge is 0.503 e. The topological polar surface area (TPSA) is 29.5 Å². The van der Waals surface area contributed by atoms with Crippen molar-refractivity contribution in [3.63, 3.8) is 0 Å². The molecule has 1 N–H and O–H groups in total. The van der Waals surface area contributed by atoms with Gasteiger partial charge in [0.05, 0.1) is 10.0 Å². The number of phenols is 1. The minimum atomic E-state index is -0.640. The van der Waals surface area contributed by atoms with E-state index < -0.39 is 29.4 Å². The van der Waals surface area contributed by atoms with Crippen LogP contribution in [0.4, 0.5) is 17.6 Å². The summed E-state index contributed by atoms with van der Waals surface area (Å²) in [5.74, 6) is -2.67. The Kier molecular flexibility index (Phi) is 9.59. The highest BCUT2D eigenvalue weighted by atomic mass is 35.5. The lowest BCUT2D eigenvalue weighted by Crippen LogP contribution is -2.04. The highest BCUT2D eigenvalue weighted by Gasteiger charge is 2.26. The Labute approximate surface area is 270 Å². The van der Waals surface area contributed by atoms with Crippen molar-refractivity contribution < 1.29 is 27.4 Å². The number of aromatic hydroxyl groups is 1. The summed E-state index contributed by atoms with van der Waals surface area (Å²) >= 11 is 25.1. The maximum absolute atomic E-state index is 14.2. The molecular weight excluding hydrogens is 658 g/mol. The van der Waals surface area contributed by atoms with Gasteiger partial charge in [0.1, 0.15) is 33.3 Å². The van der Waals surface area contributed by atoms with Crippen molar-refractivity contribution in [1.29, 1.82) is 0 Å². The van der Waals surface area contributed by atoms with Crippen LogP contribution >= 0.6 is 46.4 Å². The minimum Gasteiger partial charge on any atom is -0.503 e. The predicted octanol–water partition coefficient (Wildman–Crippen LogP) is 11.6. The molecule has 0 amide bonds. The van der Waals surface area contributed by atoms with Crippen LogP contribution in [0, 0.1) is 23.6 Å². The first-order chi connectivity index (χ1) is 21.0. The maximum atomic E-state index is 14.2. The van der Waals surface area contributed by atoms with Gasteiger partial charge in [-0.15, -0.1) is 5.73 Å². The van der Waals surface area contributed by atoms with Crippen LogP contribution in [-0.2, 0) is 0 Å². The molecule has 2 nitrogen and oxygen atoms in total. The molecule has 10 heteroatoms. The molecule has 0 aliphatic heterocycles. The summed E-state index contributed by atoms with van der Waals surface area (Å²) in [7, 11) is 0. The Morgan fingerprint density at radius 2 is 1.02 bits per heavy atom. The molecule has 1 aliphatic carbocycles. The SMILES string of the molecule is Oc1c(Cl)c(Cl)c(Cl)c(Cl)c1O/C(=C(\C(=C=C1C=C[C](F)C=C1)c1ccc(F)cc1)c1ccc(F)cc1)c1ccc(F)cc1. The van der Waals surface area contributed by atoms with Gasteiger partial charge in [-0.1, -0.05) is 70.7 Å². The van der Waals surface area contributed by atoms with Crippen LogP contribution in [0.5, 0.6) is 11.5 Å². The number of hydrogen-bond donors (Lipinski definition) is 1. The van der Waals surface area contributed by atoms with E-state index in [-0.39, 0.29) is 48.3 Å². The molecular formula is C34H17Cl4F4O2. The van der Waals surface area contributed by atoms with Crippen LogP contribution in [0.2, 0.25) is 20.1 Å². The van der Waals surface area contributed by atoms with E-state index in [0.717, 1.165) is 0 Å². The number of phenolic OH excluding ortho intramolecular Hbond substituents is 1. The monoisotopic (exact) mass is 673 g/mol. The standard InChI is InChI=1S/C34H17Cl4F4O2/c35-28-29(36)31(38)34(32(43)30(28)37)44-33(21-7-15-25(42)16-8-21)27(20-5-13-24(41)14-6-20)26(19-3-11-23(40)12-4-19)17-18-1-9-22(39)10-2-18/h1-16,43H/b33-27-. The molecule has 4 aromatic carbocycles. The smallest absolute Gasteiger partial charge is 0.190 e. The Morgan fingerprint density at radius 1 is 0.568 bits per heavy atom. The van der Waals surface area contributed by atoms with Crippen molar-refractivity contribution in [1.82, 2.24) is 0 Å². The first-order valence-corrected chi connectivity index (χ1v) is 14.2. The van der Waals surface area contributed by atoms with Gasteiger partial charge in [0.2, 0.25) is 0 Å². The third kappa shape index (κ3) is 6.76. The molecule has 0 heterocycles. The van der Waals surface area contributed by atoms with Crippen molar-refractivity contribution in [2.75, 3.05) is 0 Å². The van der Waals surface area contributed by atoms with E-state index >= 15 is 0 Å². The summed E-state index contributed by atoms with van der Waals surface area (Å²) in [6, 6.07) is 15.9. The molecule has 44 heavy (non-hydrogen) atoms. The van der Waals surface area contributed by atoms with Gasteiger partial charge in [-0.05, 0) is 84.0 Å². The van der Waals surface area contributed by atoms with E-state index in [1.54, 1.807) is 0 Å². The Bertz CT molecular complexity index is 1840. The minimum absolute atomic E-state index is 0.0443. The second-order valence-electron chi connectivity index (χ2n) is 9.27. The van der Waals surface area contributed by atoms with Gasteiger partial charge in [-0.25, -0.2) is 17.6 Å². The van der Waals surface area contributed by atoms with Crippen molar-refractivity contribution in [2.45, 2.75) is 0 Å². The molecule has 0 bridgehead atoms. The fraction of sp³-hybridized carbons (Fsp3) is 0. The fourth-order valence-corrected chi connectivity index (χ4v) is 5.09. The molecule has 0 aromatic heterocycles. The van der Waals surface area contributed by atoms with Crippen LogP contribution < -0.4 is 4.74 Å². The van der Waals surface area contributed by atoms with Gasteiger partial charge in [0, 0.05) is 22.3 Å². The van der Waals surface area contributed by atoms with Crippen molar-refractivity contribution in [2.24, 2.45) is 0 Å². The molecule has 0 saturated heterocycles. The van der Waals surface area contributed by atoms with Crippen molar-refractivity contribution in [3.05, 3.63) is 169 Å². The Morgan fingerprint density at radius 3 is 1.55 bits per heavy atom. The van der Waals surface area contributed by atoms with Gasteiger partial charge >= 0.3 is 0 Å². The summed E-state index contributed by atoms with van der Waals surface area (Å²) < 4.78 is 62.5. The third-order valence-corrected chi connectivity index (χ3v) is 8.14. The number of rotatable bonds is 6. The zero-order chi connectivity index (χ0) is 31.5. The molecule has 1 aliphatic rings. The zero-order valence-corrected chi connectivity index (χ0v) is 25.1. The molecule has 0 saturated carbocycles. The zero-order valence-electron chi connectivity index (χ0n) is 22.1. The molecule has 5 rings (SSSR count). The summed E-state index contributed by atoms with van der Waals surface area (Å²) in [6.45, 7) is 0. The highest BCUT2D eigenvalue weighted by Crippen LogP contribution is 2.51. The van der Waals surface area contributed by atoms with Crippen molar-refractivity contribution >= 4 is 63.3 Å². The number of hydrogen-bond acceptors (Lipinski definition) is 2.